The number of hydrogen-bond acceptors (Lipinski definition) is 5. The maximum Gasteiger partial charge on any atom is 0.262 e. The van der Waals surface area contributed by atoms with Gasteiger partial charge in [0.15, 0.2) is 6.61 Å². The van der Waals surface area contributed by atoms with Crippen LogP contribution in [0.15, 0.2) is 62.9 Å². The van der Waals surface area contributed by atoms with Crippen molar-refractivity contribution in [2.24, 2.45) is 4.99 Å². The molecule has 0 saturated carbocycles. The Morgan fingerprint density at radius 3 is 2.66 bits per heavy atom. The number of ether oxygens (including phenoxy) is 1. The molecule has 0 fully saturated rings. The zero-order valence-corrected chi connectivity index (χ0v) is 18.1. The quantitative estimate of drug-likeness (QED) is 0.659. The molecular weight excluding hydrogens is 458 g/mol. The predicted molar refractivity (Wildman–Crippen MR) is 116 cm³/mol. The van der Waals surface area contributed by atoms with E-state index in [1.165, 1.54) is 12.1 Å². The molecule has 0 aliphatic carbocycles. The van der Waals surface area contributed by atoms with Crippen molar-refractivity contribution in [2.45, 2.75) is 30.6 Å². The average Bonchev–Trinajstić information content (AvgIpc) is 2.95. The summed E-state index contributed by atoms with van der Waals surface area (Å²) < 4.78 is 33.9. The second-order valence-corrected chi connectivity index (χ2v) is 9.16. The van der Waals surface area contributed by atoms with E-state index in [2.05, 4.69) is 31.0 Å². The van der Waals surface area contributed by atoms with Gasteiger partial charge < -0.3 is 10.1 Å². The highest BCUT2D eigenvalue weighted by molar-refractivity contribution is 9.10. The fourth-order valence-electron chi connectivity index (χ4n) is 2.79. The van der Waals surface area contributed by atoms with Crippen molar-refractivity contribution in [3.63, 3.8) is 0 Å². The van der Waals surface area contributed by atoms with Crippen LogP contribution in [0.4, 0.5) is 5.69 Å². The first-order valence-corrected chi connectivity index (χ1v) is 11.5. The first kappa shape index (κ1) is 21.3. The van der Waals surface area contributed by atoms with Crippen molar-refractivity contribution >= 4 is 43.4 Å². The molecule has 2 aromatic rings. The van der Waals surface area contributed by atoms with E-state index in [9.17, 15) is 13.2 Å². The molecule has 0 aromatic heterocycles. The summed E-state index contributed by atoms with van der Waals surface area (Å²) in [5.74, 6) is 0.736. The van der Waals surface area contributed by atoms with Gasteiger partial charge in [-0.2, -0.15) is 0 Å². The third-order valence-corrected chi connectivity index (χ3v) is 6.13. The Labute approximate surface area is 178 Å². The van der Waals surface area contributed by atoms with E-state index < -0.39 is 10.0 Å². The molecule has 2 N–H and O–H groups in total. The molecule has 1 amide bonds. The van der Waals surface area contributed by atoms with Crippen LogP contribution in [0.1, 0.15) is 25.7 Å². The van der Waals surface area contributed by atoms with Gasteiger partial charge >= 0.3 is 0 Å². The third kappa shape index (κ3) is 6.57. The minimum absolute atomic E-state index is 0.118. The summed E-state index contributed by atoms with van der Waals surface area (Å²) in [4.78, 5) is 16.5. The second kappa shape index (κ2) is 9.89. The molecule has 154 valence electrons. The number of halogens is 1. The van der Waals surface area contributed by atoms with Gasteiger partial charge in [-0.05, 0) is 55.3 Å². The van der Waals surface area contributed by atoms with Crippen LogP contribution in [0, 0.1) is 0 Å². The summed E-state index contributed by atoms with van der Waals surface area (Å²) >= 11 is 3.34. The summed E-state index contributed by atoms with van der Waals surface area (Å²) in [6.45, 7) is 0.489. The number of sulfonamides is 1. The molecule has 0 saturated heterocycles. The van der Waals surface area contributed by atoms with Crippen molar-refractivity contribution in [3.05, 3.63) is 53.0 Å². The number of hydrogen-bond donors (Lipinski definition) is 2. The lowest BCUT2D eigenvalue weighted by Crippen LogP contribution is -2.30. The third-order valence-electron chi connectivity index (χ3n) is 4.24. The van der Waals surface area contributed by atoms with E-state index in [1.807, 2.05) is 12.1 Å². The number of rotatable bonds is 6. The largest absolute Gasteiger partial charge is 0.484 e. The Kier molecular flexibility index (Phi) is 7.27. The van der Waals surface area contributed by atoms with Gasteiger partial charge in [-0.1, -0.05) is 28.4 Å². The number of amidine groups is 1. The maximum absolute atomic E-state index is 12.5. The highest BCUT2D eigenvalue weighted by Gasteiger charge is 2.17. The lowest BCUT2D eigenvalue weighted by Gasteiger charge is -2.11. The standard InChI is InChI=1S/C20H22BrN3O4S/c21-15-5-4-6-17(13-15)28-14-20(25)23-16-8-10-18(11-9-16)29(26,27)24-19-7-2-1-3-12-22-19/h4-6,8-11,13H,1-3,7,12,14H2,(H,22,24)(H,23,25). The normalized spacial score (nSPS) is 14.4. The fraction of sp³-hybridized carbons (Fsp3) is 0.300. The molecule has 0 spiro atoms. The van der Waals surface area contributed by atoms with Gasteiger partial charge in [-0.15, -0.1) is 0 Å². The molecule has 9 heteroatoms. The van der Waals surface area contributed by atoms with E-state index in [0.29, 0.717) is 30.2 Å². The van der Waals surface area contributed by atoms with Gasteiger partial charge in [-0.3, -0.25) is 14.5 Å². The van der Waals surface area contributed by atoms with Crippen LogP contribution in [0.25, 0.3) is 0 Å². The smallest absolute Gasteiger partial charge is 0.262 e. The monoisotopic (exact) mass is 479 g/mol. The lowest BCUT2D eigenvalue weighted by molar-refractivity contribution is -0.118. The first-order valence-electron chi connectivity index (χ1n) is 9.27. The minimum Gasteiger partial charge on any atom is -0.484 e. The lowest BCUT2D eigenvalue weighted by atomic mass is 10.2. The number of anilines is 1. The van der Waals surface area contributed by atoms with E-state index in [4.69, 9.17) is 4.74 Å². The predicted octanol–water partition coefficient (Wildman–Crippen LogP) is 3.72. The number of aliphatic imine (C=N–C) groups is 1. The minimum atomic E-state index is -3.69. The number of carbonyl (C=O) groups excluding carboxylic acids is 1. The Morgan fingerprint density at radius 1 is 1.10 bits per heavy atom. The molecule has 7 nitrogen and oxygen atoms in total. The van der Waals surface area contributed by atoms with Crippen molar-refractivity contribution < 1.29 is 17.9 Å². The number of carbonyl (C=O) groups is 1. The molecule has 1 aliphatic rings. The number of nitrogens with zero attached hydrogens (tertiary/aromatic N) is 1. The summed E-state index contributed by atoms with van der Waals surface area (Å²) in [5, 5.41) is 2.68. The summed E-state index contributed by atoms with van der Waals surface area (Å²) in [5.41, 5.74) is 0.485. The van der Waals surface area contributed by atoms with Gasteiger partial charge in [0.05, 0.1) is 4.90 Å². The Hall–Kier alpha value is -2.39. The van der Waals surface area contributed by atoms with Gasteiger partial charge in [0.1, 0.15) is 11.6 Å². The molecular formula is C20H22BrN3O4S. The molecule has 0 bridgehead atoms. The molecule has 0 atom stereocenters. The van der Waals surface area contributed by atoms with Gasteiger partial charge in [0.25, 0.3) is 15.9 Å². The van der Waals surface area contributed by atoms with E-state index in [0.717, 1.165) is 23.7 Å². The molecule has 3 rings (SSSR count). The Bertz CT molecular complexity index is 991. The number of amides is 1. The van der Waals surface area contributed by atoms with Crippen molar-refractivity contribution in [3.8, 4) is 5.75 Å². The Balaban J connectivity index is 1.56. The SMILES string of the molecule is O=C(COc1cccc(Br)c1)Nc1ccc(S(=O)(=O)NC2=NCCCCC2)cc1. The average molecular weight is 480 g/mol. The van der Waals surface area contributed by atoms with Crippen molar-refractivity contribution in [2.75, 3.05) is 18.5 Å². The van der Waals surface area contributed by atoms with Gasteiger partial charge in [-0.25, -0.2) is 8.42 Å². The van der Waals surface area contributed by atoms with Crippen LogP contribution in [-0.2, 0) is 14.8 Å². The van der Waals surface area contributed by atoms with Gasteiger partial charge in [0, 0.05) is 23.1 Å². The van der Waals surface area contributed by atoms with E-state index in [-0.39, 0.29) is 17.4 Å². The second-order valence-electron chi connectivity index (χ2n) is 6.56. The van der Waals surface area contributed by atoms with Crippen LogP contribution in [0.3, 0.4) is 0 Å². The van der Waals surface area contributed by atoms with Crippen LogP contribution in [0.2, 0.25) is 0 Å². The maximum atomic E-state index is 12.5. The van der Waals surface area contributed by atoms with Crippen LogP contribution in [-0.4, -0.2) is 33.3 Å². The highest BCUT2D eigenvalue weighted by atomic mass is 79.9. The summed E-state index contributed by atoms with van der Waals surface area (Å²) in [6.07, 6.45) is 3.58. The molecule has 0 unspecified atom stereocenters. The van der Waals surface area contributed by atoms with Crippen molar-refractivity contribution in [1.29, 1.82) is 0 Å². The van der Waals surface area contributed by atoms with E-state index >= 15 is 0 Å². The molecule has 2 aromatic carbocycles. The molecule has 1 aliphatic heterocycles. The Morgan fingerprint density at radius 2 is 1.90 bits per heavy atom. The zero-order valence-electron chi connectivity index (χ0n) is 15.7. The van der Waals surface area contributed by atoms with Crippen LogP contribution < -0.4 is 14.8 Å². The zero-order chi connectivity index (χ0) is 20.7. The van der Waals surface area contributed by atoms with Crippen LogP contribution >= 0.6 is 15.9 Å². The first-order chi connectivity index (χ1) is 13.9. The van der Waals surface area contributed by atoms with E-state index in [1.54, 1.807) is 24.3 Å². The summed E-state index contributed by atoms with van der Waals surface area (Å²) in [7, 11) is -3.69. The van der Waals surface area contributed by atoms with Crippen LogP contribution in [0.5, 0.6) is 5.75 Å². The van der Waals surface area contributed by atoms with Crippen molar-refractivity contribution in [1.82, 2.24) is 4.72 Å². The topological polar surface area (TPSA) is 96.9 Å². The number of nitrogens with one attached hydrogen (secondary N) is 2. The highest BCUT2D eigenvalue weighted by Crippen LogP contribution is 2.18. The molecule has 1 heterocycles. The number of benzene rings is 2. The summed E-state index contributed by atoms with van der Waals surface area (Å²) in [6, 6.07) is 13.2. The molecule has 29 heavy (non-hydrogen) atoms. The molecule has 0 radical (unpaired) electrons. The fourth-order valence-corrected chi connectivity index (χ4v) is 4.26. The van der Waals surface area contributed by atoms with Gasteiger partial charge in [0.2, 0.25) is 0 Å².